The van der Waals surface area contributed by atoms with Crippen LogP contribution in [0.5, 0.6) is 0 Å². The lowest BCUT2D eigenvalue weighted by molar-refractivity contribution is -0.150. The quantitative estimate of drug-likeness (QED) is 0.658. The predicted molar refractivity (Wildman–Crippen MR) is 92.9 cm³/mol. The lowest BCUT2D eigenvalue weighted by Gasteiger charge is -2.32. The van der Waals surface area contributed by atoms with E-state index in [1.54, 1.807) is 31.5 Å². The highest BCUT2D eigenvalue weighted by Gasteiger charge is 2.46. The number of aliphatic hydroxyl groups is 1. The Morgan fingerprint density at radius 2 is 2.21 bits per heavy atom. The minimum absolute atomic E-state index is 0.329. The van der Waals surface area contributed by atoms with Gasteiger partial charge in [-0.2, -0.15) is 12.6 Å². The van der Waals surface area contributed by atoms with Crippen LogP contribution in [0.4, 0.5) is 0 Å². The number of aliphatic carboxylic acids is 1. The van der Waals surface area contributed by atoms with Crippen LogP contribution in [0, 0.1) is 0 Å². The summed E-state index contributed by atoms with van der Waals surface area (Å²) in [4.78, 5) is 29.7. The second-order valence-corrected chi connectivity index (χ2v) is 6.65. The zero-order valence-corrected chi connectivity index (χ0v) is 14.6. The number of amides is 1. The molecule has 3 atom stereocenters. The van der Waals surface area contributed by atoms with Gasteiger partial charge in [-0.1, -0.05) is 25.8 Å². The van der Waals surface area contributed by atoms with Crippen molar-refractivity contribution < 1.29 is 19.8 Å². The zero-order chi connectivity index (χ0) is 17.9. The summed E-state index contributed by atoms with van der Waals surface area (Å²) in [5, 5.41) is 19.5. The van der Waals surface area contributed by atoms with Gasteiger partial charge in [-0.05, 0) is 25.0 Å². The highest BCUT2D eigenvalue weighted by molar-refractivity contribution is 7.81. The molecule has 2 rings (SSSR count). The molecule has 1 amide bonds. The van der Waals surface area contributed by atoms with E-state index in [1.165, 1.54) is 4.90 Å². The molecule has 6 nitrogen and oxygen atoms in total. The molecule has 130 valence electrons. The van der Waals surface area contributed by atoms with Crippen molar-refractivity contribution in [1.82, 2.24) is 9.88 Å². The first-order valence-corrected chi connectivity index (χ1v) is 8.48. The van der Waals surface area contributed by atoms with Gasteiger partial charge in [-0.15, -0.1) is 0 Å². The van der Waals surface area contributed by atoms with Gasteiger partial charge in [0.05, 0.1) is 6.04 Å². The fourth-order valence-corrected chi connectivity index (χ4v) is 3.31. The maximum absolute atomic E-state index is 12.6. The number of pyridine rings is 1. The van der Waals surface area contributed by atoms with Crippen LogP contribution in [-0.2, 0) is 9.59 Å². The number of rotatable bonds is 7. The van der Waals surface area contributed by atoms with Crippen LogP contribution in [0.1, 0.15) is 44.7 Å². The van der Waals surface area contributed by atoms with Crippen molar-refractivity contribution in [3.05, 3.63) is 41.4 Å². The summed E-state index contributed by atoms with van der Waals surface area (Å²) in [7, 11) is 0. The van der Waals surface area contributed by atoms with Crippen molar-refractivity contribution in [3.8, 4) is 0 Å². The van der Waals surface area contributed by atoms with E-state index in [-0.39, 0.29) is 0 Å². The maximum atomic E-state index is 12.6. The topological polar surface area (TPSA) is 90.7 Å². The highest BCUT2D eigenvalue weighted by atomic mass is 32.1. The summed E-state index contributed by atoms with van der Waals surface area (Å²) in [6.07, 6.45) is 5.00. The average molecular weight is 350 g/mol. The number of hydrogen-bond donors (Lipinski definition) is 3. The number of aromatic nitrogens is 1. The molecule has 0 aliphatic carbocycles. The number of unbranched alkanes of at least 4 members (excludes halogenated alkanes) is 1. The molecule has 2 heterocycles. The van der Waals surface area contributed by atoms with Gasteiger partial charge >= 0.3 is 5.97 Å². The summed E-state index contributed by atoms with van der Waals surface area (Å²) < 4.78 is 0. The first kappa shape index (κ1) is 18.3. The Balaban J connectivity index is 2.52. The van der Waals surface area contributed by atoms with Crippen molar-refractivity contribution in [2.45, 2.75) is 50.4 Å². The smallest absolute Gasteiger partial charge is 0.326 e. The Morgan fingerprint density at radius 3 is 2.71 bits per heavy atom. The Hall–Kier alpha value is -2.02. The van der Waals surface area contributed by atoms with Crippen molar-refractivity contribution in [3.63, 3.8) is 0 Å². The minimum atomic E-state index is -1.08. The van der Waals surface area contributed by atoms with Crippen molar-refractivity contribution >= 4 is 24.5 Å². The monoisotopic (exact) mass is 350 g/mol. The Labute approximate surface area is 146 Å². The SMILES string of the molecule is CCCCC(C(=O)O)N1C(=O)C(O)=C(C(C)S)C1c1cccnc1. The lowest BCUT2D eigenvalue weighted by Crippen LogP contribution is -2.45. The minimum Gasteiger partial charge on any atom is -0.503 e. The molecule has 1 aromatic heterocycles. The van der Waals surface area contributed by atoms with Gasteiger partial charge in [0.25, 0.3) is 5.91 Å². The first-order chi connectivity index (χ1) is 11.4. The summed E-state index contributed by atoms with van der Waals surface area (Å²) in [6, 6.07) is 1.81. The molecule has 0 spiro atoms. The van der Waals surface area contributed by atoms with E-state index < -0.39 is 35.0 Å². The molecule has 1 aliphatic rings. The third-order valence-corrected chi connectivity index (χ3v) is 4.46. The van der Waals surface area contributed by atoms with Crippen molar-refractivity contribution in [2.75, 3.05) is 0 Å². The Morgan fingerprint density at radius 1 is 1.50 bits per heavy atom. The third kappa shape index (κ3) is 3.40. The highest BCUT2D eigenvalue weighted by Crippen LogP contribution is 2.42. The number of nitrogens with zero attached hydrogens (tertiary/aromatic N) is 2. The molecular formula is C17H22N2O4S. The van der Waals surface area contributed by atoms with Crippen molar-refractivity contribution in [1.29, 1.82) is 0 Å². The maximum Gasteiger partial charge on any atom is 0.326 e. The number of carbonyl (C=O) groups excluding carboxylic acids is 1. The fourth-order valence-electron chi connectivity index (χ4n) is 3.05. The largest absolute Gasteiger partial charge is 0.503 e. The number of carboxylic acids is 1. The van der Waals surface area contributed by atoms with Gasteiger partial charge in [-0.3, -0.25) is 9.78 Å². The molecule has 0 aromatic carbocycles. The fraction of sp³-hybridized carbons (Fsp3) is 0.471. The summed E-state index contributed by atoms with van der Waals surface area (Å²) in [6.45, 7) is 3.71. The number of hydrogen-bond acceptors (Lipinski definition) is 5. The van der Waals surface area contributed by atoms with Gasteiger partial charge in [0.15, 0.2) is 5.76 Å². The van der Waals surface area contributed by atoms with Gasteiger partial charge in [0.2, 0.25) is 0 Å². The van der Waals surface area contributed by atoms with Crippen LogP contribution in [0.2, 0.25) is 0 Å². The van der Waals surface area contributed by atoms with Crippen LogP contribution < -0.4 is 0 Å². The number of carboxylic acid groups (broad SMARTS) is 1. The molecule has 0 radical (unpaired) electrons. The molecular weight excluding hydrogens is 328 g/mol. The lowest BCUT2D eigenvalue weighted by atomic mass is 9.96. The molecule has 3 unspecified atom stereocenters. The van der Waals surface area contributed by atoms with Gasteiger partial charge in [0, 0.05) is 23.2 Å². The number of thiol groups is 1. The summed E-state index contributed by atoms with van der Waals surface area (Å²) >= 11 is 4.37. The normalized spacial score (nSPS) is 20.4. The van der Waals surface area contributed by atoms with Crippen LogP contribution in [0.15, 0.2) is 35.9 Å². The zero-order valence-electron chi connectivity index (χ0n) is 13.7. The second-order valence-electron chi connectivity index (χ2n) is 5.88. The first-order valence-electron chi connectivity index (χ1n) is 7.96. The second kappa shape index (κ2) is 7.70. The predicted octanol–water partition coefficient (Wildman–Crippen LogP) is 2.74. The van der Waals surface area contributed by atoms with E-state index >= 15 is 0 Å². The third-order valence-electron chi connectivity index (χ3n) is 4.19. The van der Waals surface area contributed by atoms with E-state index in [0.29, 0.717) is 24.0 Å². The van der Waals surface area contributed by atoms with Gasteiger partial charge < -0.3 is 15.1 Å². The molecule has 2 N–H and O–H groups in total. The van der Waals surface area contributed by atoms with Gasteiger partial charge in [-0.25, -0.2) is 4.79 Å². The average Bonchev–Trinajstić information content (AvgIpc) is 2.81. The van der Waals surface area contributed by atoms with E-state index in [0.717, 1.165) is 6.42 Å². The molecule has 24 heavy (non-hydrogen) atoms. The number of carbonyl (C=O) groups is 2. The molecule has 0 saturated heterocycles. The summed E-state index contributed by atoms with van der Waals surface area (Å²) in [5.74, 6) is -2.15. The van der Waals surface area contributed by atoms with Crippen LogP contribution >= 0.6 is 12.6 Å². The molecule has 0 fully saturated rings. The Kier molecular flexibility index (Phi) is 5.88. The van der Waals surface area contributed by atoms with E-state index in [4.69, 9.17) is 0 Å². The van der Waals surface area contributed by atoms with E-state index in [2.05, 4.69) is 17.6 Å². The molecule has 7 heteroatoms. The van der Waals surface area contributed by atoms with Crippen LogP contribution in [0.3, 0.4) is 0 Å². The van der Waals surface area contributed by atoms with Crippen LogP contribution in [-0.4, -0.2) is 43.3 Å². The molecule has 1 aliphatic heterocycles. The van der Waals surface area contributed by atoms with Crippen LogP contribution in [0.25, 0.3) is 0 Å². The standard InChI is InChI=1S/C17H22N2O4S/c1-3-4-7-12(17(22)23)19-14(11-6-5-8-18-9-11)13(10(2)24)15(20)16(19)21/h5-6,8-10,12,14,20,24H,3-4,7H2,1-2H3,(H,22,23). The van der Waals surface area contributed by atoms with E-state index in [1.807, 2.05) is 6.92 Å². The number of aliphatic hydroxyl groups excluding tert-OH is 1. The Bertz CT molecular complexity index is 645. The molecule has 0 bridgehead atoms. The van der Waals surface area contributed by atoms with Crippen molar-refractivity contribution in [2.24, 2.45) is 0 Å². The summed E-state index contributed by atoms with van der Waals surface area (Å²) in [5.41, 5.74) is 1.08. The molecule has 1 aromatic rings. The van der Waals surface area contributed by atoms with E-state index in [9.17, 15) is 19.8 Å². The molecule has 0 saturated carbocycles. The van der Waals surface area contributed by atoms with Gasteiger partial charge in [0.1, 0.15) is 6.04 Å².